The van der Waals surface area contributed by atoms with Gasteiger partial charge in [0.25, 0.3) is 0 Å². The number of rotatable bonds is 12. The molecule has 1 atom stereocenters. The van der Waals surface area contributed by atoms with Crippen molar-refractivity contribution in [2.45, 2.75) is 104 Å². The van der Waals surface area contributed by atoms with Gasteiger partial charge in [-0.25, -0.2) is 0 Å². The van der Waals surface area contributed by atoms with Crippen molar-refractivity contribution in [2.24, 2.45) is 11.1 Å². The van der Waals surface area contributed by atoms with E-state index < -0.39 is 0 Å². The minimum atomic E-state index is -0.175. The van der Waals surface area contributed by atoms with E-state index in [0.29, 0.717) is 11.8 Å². The van der Waals surface area contributed by atoms with Gasteiger partial charge in [-0.05, 0) is 24.7 Å². The lowest BCUT2D eigenvalue weighted by atomic mass is 9.89. The molecular weight excluding hydrogens is 260 g/mol. The lowest BCUT2D eigenvalue weighted by molar-refractivity contribution is -0.121. The van der Waals surface area contributed by atoms with Crippen molar-refractivity contribution in [3.05, 3.63) is 0 Å². The van der Waals surface area contributed by atoms with E-state index in [9.17, 15) is 4.79 Å². The van der Waals surface area contributed by atoms with Gasteiger partial charge in [0.1, 0.15) is 0 Å². The molecule has 0 heterocycles. The Kier molecular flexibility index (Phi) is 11.7. The topological polar surface area (TPSA) is 55.1 Å². The summed E-state index contributed by atoms with van der Waals surface area (Å²) >= 11 is 0. The number of carbonyl (C=O) groups excluding carboxylic acids is 1. The molecule has 1 amide bonds. The summed E-state index contributed by atoms with van der Waals surface area (Å²) in [4.78, 5) is 11.5. The highest BCUT2D eigenvalue weighted by molar-refractivity contribution is 5.76. The summed E-state index contributed by atoms with van der Waals surface area (Å²) in [6.07, 6.45) is 12.7. The van der Waals surface area contributed by atoms with Crippen LogP contribution in [0.3, 0.4) is 0 Å². The summed E-state index contributed by atoms with van der Waals surface area (Å²) in [5, 5.41) is 2.81. The highest BCUT2D eigenvalue weighted by Gasteiger charge is 2.08. The summed E-state index contributed by atoms with van der Waals surface area (Å²) in [7, 11) is 0. The van der Waals surface area contributed by atoms with Crippen molar-refractivity contribution in [1.82, 2.24) is 5.32 Å². The van der Waals surface area contributed by atoms with E-state index >= 15 is 0 Å². The summed E-state index contributed by atoms with van der Waals surface area (Å²) in [6, 6.07) is 0. The summed E-state index contributed by atoms with van der Waals surface area (Å²) < 4.78 is 0. The van der Waals surface area contributed by atoms with Crippen LogP contribution in [0.2, 0.25) is 0 Å². The van der Waals surface area contributed by atoms with Gasteiger partial charge in [0, 0.05) is 6.42 Å². The van der Waals surface area contributed by atoms with Gasteiger partial charge in [-0.1, -0.05) is 72.6 Å². The molecule has 0 spiro atoms. The fraction of sp³-hybridized carbons (Fsp3) is 0.944. The van der Waals surface area contributed by atoms with Crippen molar-refractivity contribution >= 4 is 5.91 Å². The second-order valence-corrected chi connectivity index (χ2v) is 7.47. The molecule has 0 rings (SSSR count). The third-order valence-electron chi connectivity index (χ3n) is 3.87. The van der Waals surface area contributed by atoms with Crippen LogP contribution in [-0.4, -0.2) is 12.1 Å². The fourth-order valence-electron chi connectivity index (χ4n) is 2.38. The summed E-state index contributed by atoms with van der Waals surface area (Å²) in [6.45, 7) is 8.93. The van der Waals surface area contributed by atoms with Crippen LogP contribution in [0.1, 0.15) is 98.3 Å². The zero-order valence-corrected chi connectivity index (χ0v) is 14.8. The van der Waals surface area contributed by atoms with Crippen molar-refractivity contribution in [2.75, 3.05) is 0 Å². The van der Waals surface area contributed by atoms with Crippen LogP contribution in [0.25, 0.3) is 0 Å². The number of hydrogen-bond acceptors (Lipinski definition) is 2. The predicted octanol–water partition coefficient (Wildman–Crippen LogP) is 4.74. The van der Waals surface area contributed by atoms with Gasteiger partial charge < -0.3 is 11.1 Å². The van der Waals surface area contributed by atoms with Crippen LogP contribution in [0.5, 0.6) is 0 Å². The zero-order chi connectivity index (χ0) is 16.1. The smallest absolute Gasteiger partial charge is 0.221 e. The number of carbonyl (C=O) groups is 1. The molecule has 0 saturated heterocycles. The van der Waals surface area contributed by atoms with Crippen molar-refractivity contribution < 1.29 is 4.79 Å². The molecule has 0 bridgehead atoms. The number of amides is 1. The van der Waals surface area contributed by atoms with E-state index in [-0.39, 0.29) is 12.1 Å². The molecule has 3 nitrogen and oxygen atoms in total. The highest BCUT2D eigenvalue weighted by Crippen LogP contribution is 2.22. The van der Waals surface area contributed by atoms with E-state index in [2.05, 4.69) is 26.1 Å². The van der Waals surface area contributed by atoms with E-state index in [0.717, 1.165) is 19.3 Å². The monoisotopic (exact) mass is 298 g/mol. The molecule has 3 heteroatoms. The number of hydrogen-bond donors (Lipinski definition) is 2. The van der Waals surface area contributed by atoms with Crippen molar-refractivity contribution in [3.8, 4) is 0 Å². The van der Waals surface area contributed by atoms with Crippen LogP contribution in [0.4, 0.5) is 0 Å². The van der Waals surface area contributed by atoms with Gasteiger partial charge in [-0.3, -0.25) is 4.79 Å². The van der Waals surface area contributed by atoms with Gasteiger partial charge in [-0.15, -0.1) is 0 Å². The first-order valence-electron chi connectivity index (χ1n) is 8.90. The number of nitrogens with two attached hydrogens (primary N) is 1. The normalized spacial score (nSPS) is 13.2. The van der Waals surface area contributed by atoms with Gasteiger partial charge >= 0.3 is 0 Å². The van der Waals surface area contributed by atoms with Gasteiger partial charge in [-0.2, -0.15) is 0 Å². The van der Waals surface area contributed by atoms with E-state index in [1.54, 1.807) is 0 Å². The zero-order valence-electron chi connectivity index (χ0n) is 14.8. The van der Waals surface area contributed by atoms with E-state index in [4.69, 9.17) is 5.73 Å². The molecule has 0 aromatic rings. The van der Waals surface area contributed by atoms with Gasteiger partial charge in [0.15, 0.2) is 0 Å². The Morgan fingerprint density at radius 3 is 1.90 bits per heavy atom. The third-order valence-corrected chi connectivity index (χ3v) is 3.87. The molecule has 0 radical (unpaired) electrons. The highest BCUT2D eigenvalue weighted by atomic mass is 16.1. The number of unbranched alkanes of at least 4 members (excludes halogenated alkanes) is 7. The van der Waals surface area contributed by atoms with Crippen molar-refractivity contribution in [1.29, 1.82) is 0 Å². The molecule has 126 valence electrons. The maximum absolute atomic E-state index is 11.5. The minimum absolute atomic E-state index is 0.103. The molecule has 0 aromatic heterocycles. The first-order chi connectivity index (χ1) is 9.85. The molecule has 0 aliphatic rings. The molecule has 0 fully saturated rings. The molecule has 21 heavy (non-hydrogen) atoms. The minimum Gasteiger partial charge on any atom is -0.341 e. The van der Waals surface area contributed by atoms with Crippen LogP contribution in [0.15, 0.2) is 0 Å². The first-order valence-corrected chi connectivity index (χ1v) is 8.90. The van der Waals surface area contributed by atoms with Crippen molar-refractivity contribution in [3.63, 3.8) is 0 Å². The Bertz CT molecular complexity index is 258. The Balaban J connectivity index is 3.24. The Hall–Kier alpha value is -0.570. The predicted molar refractivity (Wildman–Crippen MR) is 92.0 cm³/mol. The average molecular weight is 299 g/mol. The van der Waals surface area contributed by atoms with Crippen LogP contribution >= 0.6 is 0 Å². The van der Waals surface area contributed by atoms with Gasteiger partial charge in [0.05, 0.1) is 6.17 Å². The largest absolute Gasteiger partial charge is 0.341 e. The summed E-state index contributed by atoms with van der Waals surface area (Å²) in [5.41, 5.74) is 6.17. The summed E-state index contributed by atoms with van der Waals surface area (Å²) in [5.74, 6) is 0.103. The first kappa shape index (κ1) is 20.4. The molecule has 0 saturated carbocycles. The second-order valence-electron chi connectivity index (χ2n) is 7.47. The fourth-order valence-corrected chi connectivity index (χ4v) is 2.38. The lowest BCUT2D eigenvalue weighted by Crippen LogP contribution is -2.40. The maximum atomic E-state index is 11.5. The average Bonchev–Trinajstić information content (AvgIpc) is 2.39. The molecular formula is C18H38N2O. The quantitative estimate of drug-likeness (QED) is 0.404. The van der Waals surface area contributed by atoms with Crippen LogP contribution < -0.4 is 11.1 Å². The lowest BCUT2D eigenvalue weighted by Gasteiger charge is -2.17. The second kappa shape index (κ2) is 12.0. The van der Waals surface area contributed by atoms with Crippen LogP contribution in [0, 0.1) is 5.41 Å². The Morgan fingerprint density at radius 2 is 1.43 bits per heavy atom. The molecule has 0 aliphatic heterocycles. The standard InChI is InChI=1S/C18H38N2O/c1-5-16(19)20-17(21)14-12-10-8-6-7-9-11-13-15-18(2,3)4/h16H,5-15,19H2,1-4H3,(H,20,21). The Labute approximate surface area is 132 Å². The SMILES string of the molecule is CCC(N)NC(=O)CCCCCCCCCCC(C)(C)C. The van der Waals surface area contributed by atoms with Gasteiger partial charge in [0.2, 0.25) is 5.91 Å². The maximum Gasteiger partial charge on any atom is 0.221 e. The molecule has 3 N–H and O–H groups in total. The number of nitrogens with one attached hydrogen (secondary N) is 1. The Morgan fingerprint density at radius 1 is 0.952 bits per heavy atom. The van der Waals surface area contributed by atoms with E-state index in [1.165, 1.54) is 44.9 Å². The molecule has 0 aliphatic carbocycles. The third kappa shape index (κ3) is 15.6. The van der Waals surface area contributed by atoms with E-state index in [1.807, 2.05) is 6.92 Å². The molecule has 1 unspecified atom stereocenters. The van der Waals surface area contributed by atoms with Crippen LogP contribution in [-0.2, 0) is 4.79 Å². The molecule has 0 aromatic carbocycles.